The van der Waals surface area contributed by atoms with E-state index >= 15 is 4.11 Å². The van der Waals surface area contributed by atoms with Crippen molar-refractivity contribution in [2.45, 2.75) is 70.0 Å². The van der Waals surface area contributed by atoms with Crippen molar-refractivity contribution in [1.29, 1.82) is 0 Å². The molecule has 0 saturated carbocycles. The smallest absolute Gasteiger partial charge is 0.255 e. The van der Waals surface area contributed by atoms with Gasteiger partial charge in [-0.2, -0.15) is 0 Å². The number of ether oxygens (including phenoxy) is 2. The summed E-state index contributed by atoms with van der Waals surface area (Å²) in [7, 11) is -1.38. The van der Waals surface area contributed by atoms with E-state index < -0.39 is 8.41 Å². The number of aryl methyl sites for hydroxylation is 2. The Kier molecular flexibility index (Phi) is 9.52. The van der Waals surface area contributed by atoms with Crippen LogP contribution in [0.2, 0.25) is 18.6 Å². The molecular weight excluding hydrogens is 515 g/mol. The lowest BCUT2D eigenvalue weighted by Gasteiger charge is -2.28. The second-order valence-electron chi connectivity index (χ2n) is 10.8. The molecule has 0 aliphatic carbocycles. The fourth-order valence-corrected chi connectivity index (χ4v) is 8.24. The predicted octanol–water partition coefficient (Wildman–Crippen LogP) is 5.05. The molecule has 8 nitrogen and oxygen atoms in total. The van der Waals surface area contributed by atoms with Crippen LogP contribution in [0.1, 0.15) is 41.4 Å². The molecular formula is C29H39FN4O4Si. The Bertz CT molecular complexity index is 1230. The normalized spacial score (nSPS) is 21.2. The van der Waals surface area contributed by atoms with Crippen LogP contribution in [-0.4, -0.2) is 60.3 Å². The van der Waals surface area contributed by atoms with Crippen molar-refractivity contribution in [2.75, 3.05) is 19.0 Å². The molecule has 10 heteroatoms. The van der Waals surface area contributed by atoms with Gasteiger partial charge in [-0.3, -0.25) is 9.48 Å². The van der Waals surface area contributed by atoms with Crippen molar-refractivity contribution in [1.82, 2.24) is 15.0 Å². The molecule has 4 rings (SSSR count). The highest BCUT2D eigenvalue weighted by Gasteiger charge is 2.50. The molecule has 0 radical (unpaired) electrons. The van der Waals surface area contributed by atoms with Gasteiger partial charge < -0.3 is 24.0 Å². The van der Waals surface area contributed by atoms with Crippen molar-refractivity contribution < 1.29 is 23.5 Å². The summed E-state index contributed by atoms with van der Waals surface area (Å²) in [4.78, 5) is 12.7. The average Bonchev–Trinajstić information content (AvgIpc) is 3.50. The summed E-state index contributed by atoms with van der Waals surface area (Å²) in [6.45, 7) is 6.29. The molecule has 0 bridgehead atoms. The highest BCUT2D eigenvalue weighted by atomic mass is 28.4. The molecule has 3 aromatic rings. The largest absolute Gasteiger partial charge is 0.497 e. The molecule has 210 valence electrons. The van der Waals surface area contributed by atoms with Crippen LogP contribution in [0.5, 0.6) is 5.75 Å². The van der Waals surface area contributed by atoms with E-state index in [0.29, 0.717) is 30.7 Å². The number of nitrogens with one attached hydrogen (secondary N) is 1. The minimum absolute atomic E-state index is 0.0330. The zero-order valence-corrected chi connectivity index (χ0v) is 24.1. The monoisotopic (exact) mass is 554 g/mol. The lowest BCUT2D eigenvalue weighted by atomic mass is 9.95. The maximum absolute atomic E-state index is 15.5. The molecule has 0 spiro atoms. The summed E-state index contributed by atoms with van der Waals surface area (Å²) < 4.78 is 28.9. The molecule has 2 N–H and O–H groups in total. The zero-order chi connectivity index (χ0) is 28.0. The number of aliphatic hydroxyl groups excluding tert-OH is 1. The number of aromatic nitrogens is 3. The third-order valence-electron chi connectivity index (χ3n) is 7.55. The summed E-state index contributed by atoms with van der Waals surface area (Å²) in [6, 6.07) is 14.8. The Labute approximate surface area is 230 Å². The third kappa shape index (κ3) is 7.52. The van der Waals surface area contributed by atoms with Crippen molar-refractivity contribution in [3.05, 3.63) is 71.5 Å². The zero-order valence-electron chi connectivity index (χ0n) is 23.1. The van der Waals surface area contributed by atoms with Crippen LogP contribution in [0.25, 0.3) is 0 Å². The van der Waals surface area contributed by atoms with Crippen LogP contribution in [0.3, 0.4) is 0 Å². The number of aliphatic hydroxyl groups is 1. The number of carbonyl (C=O) groups excluding carboxylic acids is 1. The van der Waals surface area contributed by atoms with E-state index in [9.17, 15) is 4.79 Å². The maximum atomic E-state index is 15.5. The fourth-order valence-electron chi connectivity index (χ4n) is 5.64. The lowest BCUT2D eigenvalue weighted by molar-refractivity contribution is 0.0247. The summed E-state index contributed by atoms with van der Waals surface area (Å²) >= 11 is 0. The van der Waals surface area contributed by atoms with Gasteiger partial charge in [0.2, 0.25) is 8.41 Å². The third-order valence-corrected chi connectivity index (χ3v) is 10.0. The Morgan fingerprint density at radius 1 is 1.15 bits per heavy atom. The molecule has 39 heavy (non-hydrogen) atoms. The number of benzene rings is 2. The van der Waals surface area contributed by atoms with Gasteiger partial charge >= 0.3 is 0 Å². The minimum atomic E-state index is -2.97. The van der Waals surface area contributed by atoms with Gasteiger partial charge in [-0.15, -0.1) is 5.10 Å². The number of carbonyl (C=O) groups is 1. The molecule has 1 aliphatic heterocycles. The van der Waals surface area contributed by atoms with E-state index in [2.05, 4.69) is 22.6 Å². The summed E-state index contributed by atoms with van der Waals surface area (Å²) in [6.07, 6.45) is 4.30. The molecule has 2 heterocycles. The van der Waals surface area contributed by atoms with E-state index in [-0.39, 0.29) is 36.2 Å². The Hall–Kier alpha value is -3.08. The quantitative estimate of drug-likeness (QED) is 0.240. The minimum Gasteiger partial charge on any atom is -0.497 e. The van der Waals surface area contributed by atoms with Gasteiger partial charge in [-0.05, 0) is 80.2 Å². The van der Waals surface area contributed by atoms with Crippen LogP contribution >= 0.6 is 0 Å². The molecule has 1 fully saturated rings. The highest BCUT2D eigenvalue weighted by Crippen LogP contribution is 2.47. The molecule has 2 aromatic carbocycles. The number of hydrogen-bond acceptors (Lipinski definition) is 6. The van der Waals surface area contributed by atoms with Gasteiger partial charge in [0, 0.05) is 42.6 Å². The molecule has 1 saturated heterocycles. The van der Waals surface area contributed by atoms with E-state index in [1.165, 1.54) is 0 Å². The Morgan fingerprint density at radius 2 is 1.92 bits per heavy atom. The van der Waals surface area contributed by atoms with E-state index in [4.69, 9.17) is 14.6 Å². The van der Waals surface area contributed by atoms with Crippen LogP contribution in [0.15, 0.2) is 54.7 Å². The van der Waals surface area contributed by atoms with Crippen LogP contribution in [0.4, 0.5) is 9.80 Å². The Balaban J connectivity index is 1.36. The first kappa shape index (κ1) is 28.9. The van der Waals surface area contributed by atoms with Gasteiger partial charge in [0.15, 0.2) is 0 Å². The molecule has 4 atom stereocenters. The SMILES string of the molecule is COc1ccc(C(=O)Nc2cccc(CC[C@H]3O[C@@H](CCn4cc(CCO)nn4)[C@H]([Si](C)(C)F)[C@H]3C)c2)cc1. The summed E-state index contributed by atoms with van der Waals surface area (Å²) in [5, 5.41) is 20.3. The first-order valence-electron chi connectivity index (χ1n) is 13.6. The van der Waals surface area contributed by atoms with Crippen LogP contribution < -0.4 is 10.1 Å². The highest BCUT2D eigenvalue weighted by molar-refractivity contribution is 6.72. The van der Waals surface area contributed by atoms with Gasteiger partial charge in [-0.25, -0.2) is 0 Å². The van der Waals surface area contributed by atoms with Crippen molar-refractivity contribution in [3.63, 3.8) is 0 Å². The molecule has 1 amide bonds. The first-order chi connectivity index (χ1) is 18.7. The molecule has 1 aliphatic rings. The number of amides is 1. The van der Waals surface area contributed by atoms with Crippen molar-refractivity contribution in [3.8, 4) is 5.75 Å². The maximum Gasteiger partial charge on any atom is 0.255 e. The van der Waals surface area contributed by atoms with E-state index in [1.54, 1.807) is 49.2 Å². The predicted molar refractivity (Wildman–Crippen MR) is 151 cm³/mol. The first-order valence-corrected chi connectivity index (χ1v) is 16.5. The topological polar surface area (TPSA) is 98.5 Å². The van der Waals surface area contributed by atoms with E-state index in [1.807, 2.05) is 30.5 Å². The second kappa shape index (κ2) is 12.8. The van der Waals surface area contributed by atoms with E-state index in [0.717, 1.165) is 29.8 Å². The van der Waals surface area contributed by atoms with Crippen molar-refractivity contribution >= 4 is 20.0 Å². The van der Waals surface area contributed by atoms with Crippen LogP contribution in [-0.2, 0) is 24.1 Å². The number of nitrogens with zero attached hydrogens (tertiary/aromatic N) is 3. The standard InChI is InChI=1S/C29H39FN4O4Si/c1-20-26(38-27(28(20)39(3,4)30)14-16-34-19-24(15-17-35)32-33-34)13-8-21-6-5-7-23(18-21)31-29(36)22-9-11-25(37-2)12-10-22/h5-7,9-12,18-20,26-28,35H,8,13-17H2,1-4H3,(H,31,36)/t20-,26+,27-,28+/m0/s1. The molecule has 0 unspecified atom stereocenters. The van der Waals surface area contributed by atoms with Gasteiger partial charge in [0.25, 0.3) is 5.91 Å². The number of halogens is 1. The summed E-state index contributed by atoms with van der Waals surface area (Å²) in [5.41, 5.74) is 3.03. The number of rotatable bonds is 12. The lowest BCUT2D eigenvalue weighted by Crippen LogP contribution is -2.36. The molecule has 1 aromatic heterocycles. The number of hydrogen-bond donors (Lipinski definition) is 2. The fraction of sp³-hybridized carbons (Fsp3) is 0.483. The van der Waals surface area contributed by atoms with Crippen molar-refractivity contribution in [2.24, 2.45) is 5.92 Å². The Morgan fingerprint density at radius 3 is 2.62 bits per heavy atom. The second-order valence-corrected chi connectivity index (χ2v) is 14.6. The van der Waals surface area contributed by atoms with Gasteiger partial charge in [0.05, 0.1) is 25.0 Å². The van der Waals surface area contributed by atoms with Gasteiger partial charge in [0.1, 0.15) is 5.75 Å². The average molecular weight is 555 g/mol. The van der Waals surface area contributed by atoms with Gasteiger partial charge in [-0.1, -0.05) is 24.3 Å². The number of anilines is 1. The van der Waals surface area contributed by atoms with Crippen LogP contribution in [0, 0.1) is 5.92 Å². The summed E-state index contributed by atoms with van der Waals surface area (Å²) in [5.74, 6) is 0.630. The number of methoxy groups -OCH3 is 1.